The van der Waals surface area contributed by atoms with Crippen LogP contribution in [-0.2, 0) is 6.18 Å². The van der Waals surface area contributed by atoms with Gasteiger partial charge in [0.25, 0.3) is 0 Å². The summed E-state index contributed by atoms with van der Waals surface area (Å²) in [4.78, 5) is 0. The van der Waals surface area contributed by atoms with E-state index in [1.807, 2.05) is 0 Å². The standard InChI is InChI=1S/C15H12ClF4N/c1-21-14(12-8-11(17)5-6-13(12)16)9-3-2-4-10(7-9)15(18,19)20/h2-8,14,21H,1H3. The molecular weight excluding hydrogens is 306 g/mol. The van der Waals surface area contributed by atoms with Gasteiger partial charge in [0.05, 0.1) is 11.6 Å². The quantitative estimate of drug-likeness (QED) is 0.801. The molecule has 1 unspecified atom stereocenters. The minimum atomic E-state index is -4.43. The van der Waals surface area contributed by atoms with Gasteiger partial charge in [-0.05, 0) is 48.5 Å². The smallest absolute Gasteiger partial charge is 0.309 e. The largest absolute Gasteiger partial charge is 0.416 e. The predicted molar refractivity (Wildman–Crippen MR) is 73.8 cm³/mol. The molecule has 2 rings (SSSR count). The Morgan fingerprint density at radius 3 is 2.43 bits per heavy atom. The Kier molecular flexibility index (Phi) is 4.54. The van der Waals surface area contributed by atoms with Gasteiger partial charge < -0.3 is 5.32 Å². The molecule has 112 valence electrons. The monoisotopic (exact) mass is 317 g/mol. The fraction of sp³-hybridized carbons (Fsp3) is 0.200. The van der Waals surface area contributed by atoms with E-state index in [0.29, 0.717) is 11.1 Å². The van der Waals surface area contributed by atoms with Gasteiger partial charge >= 0.3 is 6.18 Å². The molecule has 0 aliphatic carbocycles. The van der Waals surface area contributed by atoms with Gasteiger partial charge in [-0.25, -0.2) is 4.39 Å². The molecule has 21 heavy (non-hydrogen) atoms. The Morgan fingerprint density at radius 1 is 1.10 bits per heavy atom. The first-order chi connectivity index (χ1) is 9.82. The fourth-order valence-electron chi connectivity index (χ4n) is 2.13. The van der Waals surface area contributed by atoms with E-state index in [-0.39, 0.29) is 5.02 Å². The van der Waals surface area contributed by atoms with E-state index >= 15 is 0 Å². The third kappa shape index (κ3) is 3.54. The first kappa shape index (κ1) is 15.8. The first-order valence-corrected chi connectivity index (χ1v) is 6.50. The molecule has 2 aromatic carbocycles. The average molecular weight is 318 g/mol. The van der Waals surface area contributed by atoms with Gasteiger partial charge in [0.15, 0.2) is 0 Å². The number of nitrogens with one attached hydrogen (secondary N) is 1. The molecule has 0 aliphatic heterocycles. The zero-order valence-electron chi connectivity index (χ0n) is 11.0. The van der Waals surface area contributed by atoms with Crippen molar-refractivity contribution in [3.63, 3.8) is 0 Å². The first-order valence-electron chi connectivity index (χ1n) is 6.12. The Balaban J connectivity index is 2.49. The van der Waals surface area contributed by atoms with Crippen LogP contribution in [0.1, 0.15) is 22.7 Å². The van der Waals surface area contributed by atoms with Crippen molar-refractivity contribution in [1.82, 2.24) is 5.32 Å². The minimum Gasteiger partial charge on any atom is -0.309 e. The van der Waals surface area contributed by atoms with Crippen molar-refractivity contribution in [2.45, 2.75) is 12.2 Å². The van der Waals surface area contributed by atoms with Gasteiger partial charge in [0.1, 0.15) is 5.82 Å². The van der Waals surface area contributed by atoms with Crippen LogP contribution in [0.4, 0.5) is 17.6 Å². The molecule has 1 atom stereocenters. The molecule has 2 aromatic rings. The number of hydrogen-bond donors (Lipinski definition) is 1. The summed E-state index contributed by atoms with van der Waals surface area (Å²) in [6, 6.07) is 8.04. The molecule has 0 heterocycles. The molecule has 0 fully saturated rings. The van der Waals surface area contributed by atoms with E-state index < -0.39 is 23.6 Å². The van der Waals surface area contributed by atoms with Gasteiger partial charge in [0, 0.05) is 5.02 Å². The van der Waals surface area contributed by atoms with Gasteiger partial charge in [-0.3, -0.25) is 0 Å². The van der Waals surface area contributed by atoms with Gasteiger partial charge in [-0.15, -0.1) is 0 Å². The van der Waals surface area contributed by atoms with Gasteiger partial charge in [-0.1, -0.05) is 23.7 Å². The normalized spacial score (nSPS) is 13.2. The molecule has 0 bridgehead atoms. The summed E-state index contributed by atoms with van der Waals surface area (Å²) in [5.74, 6) is -0.498. The number of rotatable bonds is 3. The molecule has 0 amide bonds. The summed E-state index contributed by atoms with van der Waals surface area (Å²) < 4.78 is 51.7. The van der Waals surface area contributed by atoms with E-state index in [4.69, 9.17) is 11.6 Å². The summed E-state index contributed by atoms with van der Waals surface area (Å²) in [5, 5.41) is 3.15. The second-order valence-electron chi connectivity index (χ2n) is 4.51. The highest BCUT2D eigenvalue weighted by Crippen LogP contribution is 2.33. The Hall–Kier alpha value is -1.59. The fourth-order valence-corrected chi connectivity index (χ4v) is 2.36. The predicted octanol–water partition coefficient (Wildman–Crippen LogP) is 4.81. The molecule has 1 N–H and O–H groups in total. The van der Waals surface area contributed by atoms with Crippen molar-refractivity contribution in [3.05, 3.63) is 70.0 Å². The Morgan fingerprint density at radius 2 is 1.81 bits per heavy atom. The lowest BCUT2D eigenvalue weighted by atomic mass is 9.97. The van der Waals surface area contributed by atoms with Gasteiger partial charge in [0.2, 0.25) is 0 Å². The van der Waals surface area contributed by atoms with E-state index in [1.165, 1.54) is 30.3 Å². The lowest BCUT2D eigenvalue weighted by Crippen LogP contribution is -2.19. The second kappa shape index (κ2) is 6.03. The summed E-state index contributed by atoms with van der Waals surface area (Å²) >= 11 is 6.02. The maximum atomic E-state index is 13.4. The molecule has 1 nitrogen and oxygen atoms in total. The molecule has 6 heteroatoms. The number of hydrogen-bond acceptors (Lipinski definition) is 1. The van der Waals surface area contributed by atoms with Crippen molar-refractivity contribution < 1.29 is 17.6 Å². The molecular formula is C15H12ClF4N. The summed E-state index contributed by atoms with van der Waals surface area (Å²) in [5.41, 5.74) is -0.00825. The van der Waals surface area contributed by atoms with E-state index in [0.717, 1.165) is 12.1 Å². The van der Waals surface area contributed by atoms with Crippen molar-refractivity contribution >= 4 is 11.6 Å². The third-order valence-electron chi connectivity index (χ3n) is 3.11. The van der Waals surface area contributed by atoms with Crippen molar-refractivity contribution in [2.75, 3.05) is 7.05 Å². The zero-order chi connectivity index (χ0) is 15.6. The van der Waals surface area contributed by atoms with Crippen molar-refractivity contribution in [2.24, 2.45) is 0 Å². The van der Waals surface area contributed by atoms with Crippen LogP contribution in [0.25, 0.3) is 0 Å². The van der Waals surface area contributed by atoms with E-state index in [1.54, 1.807) is 7.05 Å². The summed E-state index contributed by atoms with van der Waals surface area (Å²) in [6.45, 7) is 0. The van der Waals surface area contributed by atoms with Crippen LogP contribution in [0, 0.1) is 5.82 Å². The summed E-state index contributed by atoms with van der Waals surface area (Å²) in [7, 11) is 1.58. The van der Waals surface area contributed by atoms with Crippen molar-refractivity contribution in [1.29, 1.82) is 0 Å². The third-order valence-corrected chi connectivity index (χ3v) is 3.45. The van der Waals surface area contributed by atoms with Crippen LogP contribution in [0.5, 0.6) is 0 Å². The van der Waals surface area contributed by atoms with Crippen LogP contribution in [-0.4, -0.2) is 7.05 Å². The lowest BCUT2D eigenvalue weighted by Gasteiger charge is -2.20. The zero-order valence-corrected chi connectivity index (χ0v) is 11.8. The van der Waals surface area contributed by atoms with Crippen LogP contribution < -0.4 is 5.32 Å². The molecule has 0 saturated carbocycles. The molecule has 0 saturated heterocycles. The second-order valence-corrected chi connectivity index (χ2v) is 4.92. The van der Waals surface area contributed by atoms with Crippen molar-refractivity contribution in [3.8, 4) is 0 Å². The maximum Gasteiger partial charge on any atom is 0.416 e. The van der Waals surface area contributed by atoms with Gasteiger partial charge in [-0.2, -0.15) is 13.2 Å². The van der Waals surface area contributed by atoms with E-state index in [9.17, 15) is 17.6 Å². The molecule has 0 radical (unpaired) electrons. The maximum absolute atomic E-state index is 13.4. The van der Waals surface area contributed by atoms with Crippen LogP contribution >= 0.6 is 11.6 Å². The number of benzene rings is 2. The average Bonchev–Trinajstić information content (AvgIpc) is 2.43. The highest BCUT2D eigenvalue weighted by atomic mass is 35.5. The minimum absolute atomic E-state index is 0.285. The molecule has 0 aromatic heterocycles. The van der Waals surface area contributed by atoms with E-state index in [2.05, 4.69) is 5.32 Å². The summed E-state index contributed by atoms with van der Waals surface area (Å²) in [6.07, 6.45) is -4.43. The lowest BCUT2D eigenvalue weighted by molar-refractivity contribution is -0.137. The van der Waals surface area contributed by atoms with Crippen LogP contribution in [0.15, 0.2) is 42.5 Å². The molecule has 0 spiro atoms. The Labute approximate surface area is 124 Å². The highest BCUT2D eigenvalue weighted by Gasteiger charge is 2.31. The SMILES string of the molecule is CNC(c1cccc(C(F)(F)F)c1)c1cc(F)ccc1Cl. The van der Waals surface area contributed by atoms with Crippen LogP contribution in [0.3, 0.4) is 0 Å². The topological polar surface area (TPSA) is 12.0 Å². The number of halogens is 5. The highest BCUT2D eigenvalue weighted by molar-refractivity contribution is 6.31. The Bertz CT molecular complexity index is 640. The van der Waals surface area contributed by atoms with Crippen LogP contribution in [0.2, 0.25) is 5.02 Å². The number of alkyl halides is 3. The molecule has 0 aliphatic rings.